The van der Waals surface area contributed by atoms with Crippen molar-refractivity contribution in [1.82, 2.24) is 0 Å². The van der Waals surface area contributed by atoms with Gasteiger partial charge in [0, 0.05) is 6.42 Å². The van der Waals surface area contributed by atoms with Crippen LogP contribution in [0.1, 0.15) is 25.0 Å². The zero-order valence-corrected chi connectivity index (χ0v) is 10.5. The molecule has 0 fully saturated rings. The zero-order valence-electron chi connectivity index (χ0n) is 9.70. The summed E-state index contributed by atoms with van der Waals surface area (Å²) in [6.45, 7) is 6.68. The molecule has 1 aliphatic rings. The SMILES string of the molecule is C=C(C)C(O)c1cc(Cl)c2c(c1)OCCCO2. The van der Waals surface area contributed by atoms with Crippen LogP contribution in [0.4, 0.5) is 0 Å². The molecule has 3 nitrogen and oxygen atoms in total. The van der Waals surface area contributed by atoms with Crippen molar-refractivity contribution < 1.29 is 14.6 Å². The highest BCUT2D eigenvalue weighted by molar-refractivity contribution is 6.32. The van der Waals surface area contributed by atoms with E-state index in [1.54, 1.807) is 19.1 Å². The van der Waals surface area contributed by atoms with Gasteiger partial charge in [-0.3, -0.25) is 0 Å². The molecule has 0 saturated heterocycles. The molecule has 0 spiro atoms. The van der Waals surface area contributed by atoms with Crippen molar-refractivity contribution in [2.45, 2.75) is 19.4 Å². The lowest BCUT2D eigenvalue weighted by molar-refractivity contribution is 0.215. The van der Waals surface area contributed by atoms with Crippen molar-refractivity contribution in [3.8, 4) is 11.5 Å². The Morgan fingerprint density at radius 1 is 1.41 bits per heavy atom. The predicted molar refractivity (Wildman–Crippen MR) is 66.8 cm³/mol. The molecule has 1 unspecified atom stereocenters. The minimum atomic E-state index is -0.732. The standard InChI is InChI=1S/C13H15ClO3/c1-8(2)12(15)9-6-10(14)13-11(7-9)16-4-3-5-17-13/h6-7,12,15H,1,3-5H2,2H3. The molecule has 0 radical (unpaired) electrons. The molecule has 2 rings (SSSR count). The molecule has 1 heterocycles. The first-order valence-electron chi connectivity index (χ1n) is 5.52. The Morgan fingerprint density at radius 3 is 2.82 bits per heavy atom. The molecule has 0 aromatic heterocycles. The molecule has 0 aliphatic carbocycles. The Bertz CT molecular complexity index is 443. The maximum absolute atomic E-state index is 9.94. The number of benzene rings is 1. The molecule has 1 N–H and O–H groups in total. The van der Waals surface area contributed by atoms with E-state index in [1.807, 2.05) is 0 Å². The van der Waals surface area contributed by atoms with Gasteiger partial charge >= 0.3 is 0 Å². The number of hydrogen-bond acceptors (Lipinski definition) is 3. The summed E-state index contributed by atoms with van der Waals surface area (Å²) in [6.07, 6.45) is 0.0910. The lowest BCUT2D eigenvalue weighted by atomic mass is 10.0. The van der Waals surface area contributed by atoms with Gasteiger partial charge in [0.1, 0.15) is 0 Å². The normalized spacial score (nSPS) is 16.2. The van der Waals surface area contributed by atoms with Crippen LogP contribution in [0.5, 0.6) is 11.5 Å². The number of aliphatic hydroxyl groups excluding tert-OH is 1. The molecular weight excluding hydrogens is 240 g/mol. The van der Waals surface area contributed by atoms with Crippen molar-refractivity contribution >= 4 is 11.6 Å². The quantitative estimate of drug-likeness (QED) is 0.825. The second-order valence-corrected chi connectivity index (χ2v) is 4.54. The van der Waals surface area contributed by atoms with E-state index in [9.17, 15) is 5.11 Å². The molecule has 1 aromatic carbocycles. The summed E-state index contributed by atoms with van der Waals surface area (Å²) in [5.74, 6) is 1.15. The van der Waals surface area contributed by atoms with Crippen molar-refractivity contribution in [2.75, 3.05) is 13.2 Å². The second kappa shape index (κ2) is 4.98. The van der Waals surface area contributed by atoms with Gasteiger partial charge in [0.15, 0.2) is 11.5 Å². The Kier molecular flexibility index (Phi) is 3.60. The molecule has 1 aliphatic heterocycles. The fourth-order valence-electron chi connectivity index (χ4n) is 1.69. The van der Waals surface area contributed by atoms with E-state index in [-0.39, 0.29) is 0 Å². The maximum atomic E-state index is 9.94. The van der Waals surface area contributed by atoms with E-state index in [0.29, 0.717) is 40.9 Å². The minimum absolute atomic E-state index is 0.458. The van der Waals surface area contributed by atoms with E-state index in [4.69, 9.17) is 21.1 Å². The minimum Gasteiger partial charge on any atom is -0.489 e. The van der Waals surface area contributed by atoms with Crippen LogP contribution in [0, 0.1) is 0 Å². The van der Waals surface area contributed by atoms with Crippen molar-refractivity contribution in [2.24, 2.45) is 0 Å². The fraction of sp³-hybridized carbons (Fsp3) is 0.385. The topological polar surface area (TPSA) is 38.7 Å². The van der Waals surface area contributed by atoms with Gasteiger partial charge in [-0.25, -0.2) is 0 Å². The third kappa shape index (κ3) is 2.56. The van der Waals surface area contributed by atoms with Crippen LogP contribution in [-0.4, -0.2) is 18.3 Å². The average molecular weight is 255 g/mol. The Morgan fingerprint density at radius 2 is 2.12 bits per heavy atom. The van der Waals surface area contributed by atoms with E-state index in [1.165, 1.54) is 0 Å². The van der Waals surface area contributed by atoms with Gasteiger partial charge in [0.2, 0.25) is 0 Å². The van der Waals surface area contributed by atoms with Gasteiger partial charge in [0.25, 0.3) is 0 Å². The average Bonchev–Trinajstić information content (AvgIpc) is 2.53. The summed E-state index contributed by atoms with van der Waals surface area (Å²) < 4.78 is 11.1. The number of halogens is 1. The molecular formula is C13H15ClO3. The first-order chi connectivity index (χ1) is 8.09. The summed E-state index contributed by atoms with van der Waals surface area (Å²) in [7, 11) is 0. The largest absolute Gasteiger partial charge is 0.489 e. The van der Waals surface area contributed by atoms with Crippen LogP contribution in [-0.2, 0) is 0 Å². The summed E-state index contributed by atoms with van der Waals surface area (Å²) in [5, 5.41) is 10.4. The van der Waals surface area contributed by atoms with Gasteiger partial charge < -0.3 is 14.6 Å². The molecule has 92 valence electrons. The number of hydrogen-bond donors (Lipinski definition) is 1. The second-order valence-electron chi connectivity index (χ2n) is 4.13. The third-order valence-corrected chi connectivity index (χ3v) is 2.89. The molecule has 0 bridgehead atoms. The van der Waals surface area contributed by atoms with Gasteiger partial charge in [0.05, 0.1) is 24.3 Å². The molecule has 4 heteroatoms. The molecule has 0 amide bonds. The van der Waals surface area contributed by atoms with E-state index >= 15 is 0 Å². The number of fused-ring (bicyclic) bond motifs is 1. The molecule has 1 aromatic rings. The number of rotatable bonds is 2. The summed E-state index contributed by atoms with van der Waals surface area (Å²) in [5.41, 5.74) is 1.34. The van der Waals surface area contributed by atoms with Crippen molar-refractivity contribution in [1.29, 1.82) is 0 Å². The summed E-state index contributed by atoms with van der Waals surface area (Å²) >= 11 is 6.12. The van der Waals surface area contributed by atoms with Gasteiger partial charge in [-0.2, -0.15) is 0 Å². The Labute approximate surface area is 106 Å². The fourth-order valence-corrected chi connectivity index (χ4v) is 1.97. The maximum Gasteiger partial charge on any atom is 0.179 e. The monoisotopic (exact) mass is 254 g/mol. The zero-order chi connectivity index (χ0) is 12.4. The lowest BCUT2D eigenvalue weighted by Gasteiger charge is -2.15. The highest BCUT2D eigenvalue weighted by Crippen LogP contribution is 2.40. The van der Waals surface area contributed by atoms with Crippen molar-refractivity contribution in [3.63, 3.8) is 0 Å². The smallest absolute Gasteiger partial charge is 0.179 e. The lowest BCUT2D eigenvalue weighted by Crippen LogP contribution is -2.00. The van der Waals surface area contributed by atoms with Gasteiger partial charge in [-0.05, 0) is 30.2 Å². The van der Waals surface area contributed by atoms with Crippen LogP contribution >= 0.6 is 11.6 Å². The highest BCUT2D eigenvalue weighted by Gasteiger charge is 2.18. The summed E-state index contributed by atoms with van der Waals surface area (Å²) in [6, 6.07) is 3.44. The Hall–Kier alpha value is -1.19. The number of ether oxygens (including phenoxy) is 2. The van der Waals surface area contributed by atoms with Crippen LogP contribution in [0.2, 0.25) is 5.02 Å². The van der Waals surface area contributed by atoms with Crippen LogP contribution in [0.3, 0.4) is 0 Å². The first-order valence-corrected chi connectivity index (χ1v) is 5.90. The Balaban J connectivity index is 2.42. The van der Waals surface area contributed by atoms with Crippen LogP contribution < -0.4 is 9.47 Å². The number of aliphatic hydroxyl groups is 1. The van der Waals surface area contributed by atoms with Gasteiger partial charge in [-0.1, -0.05) is 18.2 Å². The van der Waals surface area contributed by atoms with Gasteiger partial charge in [-0.15, -0.1) is 0 Å². The molecule has 0 saturated carbocycles. The molecule has 1 atom stereocenters. The van der Waals surface area contributed by atoms with Crippen molar-refractivity contribution in [3.05, 3.63) is 34.9 Å². The summed E-state index contributed by atoms with van der Waals surface area (Å²) in [4.78, 5) is 0. The van der Waals surface area contributed by atoms with Crippen LogP contribution in [0.15, 0.2) is 24.3 Å². The third-order valence-electron chi connectivity index (χ3n) is 2.61. The van der Waals surface area contributed by atoms with E-state index < -0.39 is 6.10 Å². The van der Waals surface area contributed by atoms with E-state index in [0.717, 1.165) is 6.42 Å². The highest BCUT2D eigenvalue weighted by atomic mass is 35.5. The molecule has 17 heavy (non-hydrogen) atoms. The predicted octanol–water partition coefficient (Wildman–Crippen LogP) is 3.11. The van der Waals surface area contributed by atoms with E-state index in [2.05, 4.69) is 6.58 Å². The first kappa shape index (κ1) is 12.3. The van der Waals surface area contributed by atoms with Crippen LogP contribution in [0.25, 0.3) is 0 Å².